The van der Waals surface area contributed by atoms with Crippen molar-refractivity contribution in [3.8, 4) is 5.75 Å². The van der Waals surface area contributed by atoms with Gasteiger partial charge < -0.3 is 5.11 Å². The maximum absolute atomic E-state index is 9.73. The summed E-state index contributed by atoms with van der Waals surface area (Å²) in [5.41, 5.74) is 0. The molecular weight excluding hydrogens is 207 g/mol. The second kappa shape index (κ2) is 4.46. The third-order valence-electron chi connectivity index (χ3n) is 2.72. The fourth-order valence-corrected chi connectivity index (χ4v) is 1.95. The first-order chi connectivity index (χ1) is 7.34. The summed E-state index contributed by atoms with van der Waals surface area (Å²) in [6.07, 6.45) is 0. The fourth-order valence-electron chi connectivity index (χ4n) is 1.95. The Bertz CT molecular complexity index is 646. The van der Waals surface area contributed by atoms with E-state index in [1.165, 1.54) is 5.39 Å². The van der Waals surface area contributed by atoms with Gasteiger partial charge in [-0.2, -0.15) is 0 Å². The maximum atomic E-state index is 9.73. The van der Waals surface area contributed by atoms with E-state index in [9.17, 15) is 5.11 Å². The van der Waals surface area contributed by atoms with Gasteiger partial charge >= 0.3 is 29.6 Å². The van der Waals surface area contributed by atoms with Gasteiger partial charge in [0.25, 0.3) is 0 Å². The molecule has 0 spiro atoms. The average Bonchev–Trinajstić information content (AvgIpc) is 2.27. The Morgan fingerprint density at radius 1 is 0.688 bits per heavy atom. The van der Waals surface area contributed by atoms with Gasteiger partial charge in [0.2, 0.25) is 0 Å². The van der Waals surface area contributed by atoms with Crippen molar-refractivity contribution in [3.05, 3.63) is 54.6 Å². The van der Waals surface area contributed by atoms with E-state index in [1.54, 1.807) is 6.07 Å². The number of fused-ring (bicyclic) bond motifs is 2. The molecule has 3 aromatic carbocycles. The van der Waals surface area contributed by atoms with Gasteiger partial charge in [0.1, 0.15) is 5.75 Å². The second-order valence-corrected chi connectivity index (χ2v) is 3.70. The minimum atomic E-state index is 0. The van der Waals surface area contributed by atoms with Crippen molar-refractivity contribution in [3.63, 3.8) is 0 Å². The molecule has 1 nitrogen and oxygen atoms in total. The van der Waals surface area contributed by atoms with Crippen molar-refractivity contribution in [2.75, 3.05) is 0 Å². The van der Waals surface area contributed by atoms with Crippen LogP contribution in [0.15, 0.2) is 54.6 Å². The summed E-state index contributed by atoms with van der Waals surface area (Å²) in [7, 11) is 0. The fraction of sp³-hybridized carbons (Fsp3) is 0. The molecule has 2 heteroatoms. The van der Waals surface area contributed by atoms with Gasteiger partial charge in [0, 0.05) is 5.39 Å². The SMILES string of the molecule is Oc1cccc2cc3ccccc3cc12.[NaH]. The summed E-state index contributed by atoms with van der Waals surface area (Å²) in [6, 6.07) is 17.9. The summed E-state index contributed by atoms with van der Waals surface area (Å²) < 4.78 is 0. The number of aromatic hydroxyl groups is 1. The molecule has 0 aromatic heterocycles. The Labute approximate surface area is 116 Å². The molecule has 0 aliphatic carbocycles. The summed E-state index contributed by atoms with van der Waals surface area (Å²) in [5.74, 6) is 0.346. The van der Waals surface area contributed by atoms with Crippen LogP contribution < -0.4 is 0 Å². The topological polar surface area (TPSA) is 20.2 Å². The van der Waals surface area contributed by atoms with Crippen LogP contribution >= 0.6 is 0 Å². The summed E-state index contributed by atoms with van der Waals surface area (Å²) >= 11 is 0. The quantitative estimate of drug-likeness (QED) is 0.454. The molecule has 0 saturated carbocycles. The first-order valence-electron chi connectivity index (χ1n) is 4.95. The summed E-state index contributed by atoms with van der Waals surface area (Å²) in [4.78, 5) is 0. The number of hydrogen-bond acceptors (Lipinski definition) is 1. The van der Waals surface area contributed by atoms with Crippen molar-refractivity contribution in [2.24, 2.45) is 0 Å². The number of benzene rings is 3. The number of phenols is 1. The summed E-state index contributed by atoms with van der Waals surface area (Å²) in [5, 5.41) is 14.1. The van der Waals surface area contributed by atoms with E-state index in [0.29, 0.717) is 5.75 Å². The predicted molar refractivity (Wildman–Crippen MR) is 70.3 cm³/mol. The molecule has 0 aliphatic rings. The molecule has 3 aromatic rings. The van der Waals surface area contributed by atoms with E-state index < -0.39 is 0 Å². The molecule has 0 fully saturated rings. The zero-order valence-corrected chi connectivity index (χ0v) is 8.14. The van der Waals surface area contributed by atoms with Gasteiger partial charge in [0.15, 0.2) is 0 Å². The molecule has 3 rings (SSSR count). The second-order valence-electron chi connectivity index (χ2n) is 3.70. The molecule has 0 aliphatic heterocycles. The first kappa shape index (κ1) is 11.5. The zero-order chi connectivity index (χ0) is 10.3. The molecular formula is C14H11NaO. The van der Waals surface area contributed by atoms with Crippen molar-refractivity contribution < 1.29 is 5.11 Å². The van der Waals surface area contributed by atoms with E-state index in [2.05, 4.69) is 18.2 Å². The van der Waals surface area contributed by atoms with Crippen LogP contribution in [0.2, 0.25) is 0 Å². The van der Waals surface area contributed by atoms with Crippen LogP contribution in [-0.2, 0) is 0 Å². The van der Waals surface area contributed by atoms with Crippen LogP contribution in [0.5, 0.6) is 5.75 Å². The van der Waals surface area contributed by atoms with E-state index in [0.717, 1.165) is 16.2 Å². The standard InChI is InChI=1S/C14H10O.Na.H/c15-14-7-3-6-12-8-10-4-1-2-5-11(10)9-13(12)14;;/h1-9,15H;;. The van der Waals surface area contributed by atoms with Crippen LogP contribution in [0.3, 0.4) is 0 Å². The minimum absolute atomic E-state index is 0. The number of hydrogen-bond donors (Lipinski definition) is 1. The Hall–Kier alpha value is -1.02. The Balaban J connectivity index is 0.000000963. The number of rotatable bonds is 0. The van der Waals surface area contributed by atoms with Crippen molar-refractivity contribution in [2.45, 2.75) is 0 Å². The van der Waals surface area contributed by atoms with Crippen LogP contribution in [0.4, 0.5) is 0 Å². The molecule has 0 bridgehead atoms. The predicted octanol–water partition coefficient (Wildman–Crippen LogP) is 3.05. The van der Waals surface area contributed by atoms with Crippen molar-refractivity contribution >= 4 is 51.1 Å². The monoisotopic (exact) mass is 218 g/mol. The van der Waals surface area contributed by atoms with Gasteiger partial charge in [-0.15, -0.1) is 0 Å². The number of phenolic OH excluding ortho intramolecular Hbond substituents is 1. The van der Waals surface area contributed by atoms with Gasteiger partial charge in [-0.1, -0.05) is 36.4 Å². The van der Waals surface area contributed by atoms with Gasteiger partial charge in [-0.3, -0.25) is 0 Å². The first-order valence-corrected chi connectivity index (χ1v) is 4.95. The van der Waals surface area contributed by atoms with E-state index in [1.807, 2.05) is 30.3 Å². The van der Waals surface area contributed by atoms with Gasteiger partial charge in [-0.05, 0) is 34.4 Å². The van der Waals surface area contributed by atoms with Crippen molar-refractivity contribution in [1.82, 2.24) is 0 Å². The molecule has 0 unspecified atom stereocenters. The molecule has 0 heterocycles. The zero-order valence-electron chi connectivity index (χ0n) is 8.14. The average molecular weight is 218 g/mol. The van der Waals surface area contributed by atoms with E-state index >= 15 is 0 Å². The normalized spacial score (nSPS) is 10.2. The molecule has 0 amide bonds. The molecule has 0 radical (unpaired) electrons. The Morgan fingerprint density at radius 2 is 1.31 bits per heavy atom. The molecule has 1 N–H and O–H groups in total. The molecule has 0 saturated heterocycles. The Kier molecular flexibility index (Phi) is 3.20. The third-order valence-corrected chi connectivity index (χ3v) is 2.72. The summed E-state index contributed by atoms with van der Waals surface area (Å²) in [6.45, 7) is 0. The Morgan fingerprint density at radius 3 is 2.06 bits per heavy atom. The van der Waals surface area contributed by atoms with Gasteiger partial charge in [-0.25, -0.2) is 0 Å². The van der Waals surface area contributed by atoms with Gasteiger partial charge in [0.05, 0.1) is 0 Å². The molecule has 16 heavy (non-hydrogen) atoms. The van der Waals surface area contributed by atoms with Crippen molar-refractivity contribution in [1.29, 1.82) is 0 Å². The molecule has 0 atom stereocenters. The van der Waals surface area contributed by atoms with Crippen LogP contribution in [0.25, 0.3) is 21.5 Å². The van der Waals surface area contributed by atoms with Crippen LogP contribution in [0.1, 0.15) is 0 Å². The van der Waals surface area contributed by atoms with Crippen LogP contribution in [0, 0.1) is 0 Å². The van der Waals surface area contributed by atoms with Crippen LogP contribution in [-0.4, -0.2) is 34.7 Å². The van der Waals surface area contributed by atoms with E-state index in [-0.39, 0.29) is 29.6 Å². The third kappa shape index (κ3) is 1.82. The molecule has 74 valence electrons. The van der Waals surface area contributed by atoms with E-state index in [4.69, 9.17) is 0 Å².